The molecule has 25 heavy (non-hydrogen) atoms. The van der Waals surface area contributed by atoms with Crippen molar-refractivity contribution in [2.24, 2.45) is 0 Å². The van der Waals surface area contributed by atoms with Crippen LogP contribution in [0.4, 0.5) is 10.5 Å². The van der Waals surface area contributed by atoms with Crippen LogP contribution in [0.5, 0.6) is 0 Å². The molecule has 2 amide bonds. The van der Waals surface area contributed by atoms with Gasteiger partial charge in [0, 0.05) is 19.8 Å². The lowest BCUT2D eigenvalue weighted by Gasteiger charge is -2.14. The Kier molecular flexibility index (Phi) is 4.95. The Balaban J connectivity index is 1.79. The summed E-state index contributed by atoms with van der Waals surface area (Å²) in [6.45, 7) is 2.30. The van der Waals surface area contributed by atoms with E-state index in [1.54, 1.807) is 6.08 Å². The third-order valence-corrected chi connectivity index (χ3v) is 5.08. The molecule has 2 aromatic rings. The highest BCUT2D eigenvalue weighted by atomic mass is 32.2. The largest absolute Gasteiger partial charge is 0.378 e. The fourth-order valence-electron chi connectivity index (χ4n) is 2.61. The highest BCUT2D eigenvalue weighted by molar-refractivity contribution is 8.18. The molecule has 0 atom stereocenters. The first-order valence-electron chi connectivity index (χ1n) is 8.03. The highest BCUT2D eigenvalue weighted by Crippen LogP contribution is 2.33. The minimum atomic E-state index is -0.227. The topological polar surface area (TPSA) is 40.6 Å². The summed E-state index contributed by atoms with van der Waals surface area (Å²) in [7, 11) is 3.96. The number of hydrogen-bond acceptors (Lipinski definition) is 4. The van der Waals surface area contributed by atoms with Gasteiger partial charge >= 0.3 is 0 Å². The quantitative estimate of drug-likeness (QED) is 0.770. The van der Waals surface area contributed by atoms with Gasteiger partial charge in [-0.3, -0.25) is 14.5 Å². The number of carbonyl (C=O) groups excluding carboxylic acids is 2. The Hall–Kier alpha value is -2.53. The van der Waals surface area contributed by atoms with E-state index in [-0.39, 0.29) is 11.1 Å². The molecule has 1 heterocycles. The maximum absolute atomic E-state index is 12.6. The number of anilines is 1. The van der Waals surface area contributed by atoms with Gasteiger partial charge in [0.2, 0.25) is 0 Å². The monoisotopic (exact) mass is 352 g/mol. The zero-order chi connectivity index (χ0) is 18.0. The third kappa shape index (κ3) is 3.77. The maximum Gasteiger partial charge on any atom is 0.293 e. The minimum absolute atomic E-state index is 0.218. The number of hydrogen-bond donors (Lipinski definition) is 0. The van der Waals surface area contributed by atoms with Gasteiger partial charge in [-0.2, -0.15) is 0 Å². The van der Waals surface area contributed by atoms with Gasteiger partial charge in [-0.25, -0.2) is 0 Å². The Morgan fingerprint density at radius 1 is 1.04 bits per heavy atom. The number of thioether (sulfide) groups is 1. The Bertz CT molecular complexity index is 841. The number of nitrogens with zero attached hydrogens (tertiary/aromatic N) is 2. The zero-order valence-corrected chi connectivity index (χ0v) is 15.3. The van der Waals surface area contributed by atoms with E-state index >= 15 is 0 Å². The van der Waals surface area contributed by atoms with E-state index < -0.39 is 0 Å². The molecule has 1 aliphatic heterocycles. The predicted octanol–water partition coefficient (Wildman–Crippen LogP) is 4.30. The van der Waals surface area contributed by atoms with E-state index in [0.29, 0.717) is 11.4 Å². The first kappa shape index (κ1) is 17.3. The Morgan fingerprint density at radius 3 is 2.36 bits per heavy atom. The summed E-state index contributed by atoms with van der Waals surface area (Å²) in [5.74, 6) is -0.227. The molecular weight excluding hydrogens is 332 g/mol. The van der Waals surface area contributed by atoms with Crippen LogP contribution in [0.2, 0.25) is 0 Å². The standard InChI is InChI=1S/C20H20N2O2S/c1-14-6-4-5-7-16(14)13-22-19(23)18(25-20(22)24)12-15-8-10-17(11-9-15)21(2)3/h4-12H,13H2,1-3H3/b18-12+. The number of rotatable bonds is 4. The van der Waals surface area contributed by atoms with Crippen molar-refractivity contribution in [3.05, 3.63) is 70.1 Å². The molecule has 0 saturated carbocycles. The maximum atomic E-state index is 12.6. The molecule has 0 unspecified atom stereocenters. The van der Waals surface area contributed by atoms with Gasteiger partial charge in [-0.15, -0.1) is 0 Å². The minimum Gasteiger partial charge on any atom is -0.378 e. The molecule has 1 aliphatic rings. The van der Waals surface area contributed by atoms with E-state index in [1.165, 1.54) is 4.90 Å². The molecule has 0 spiro atoms. The van der Waals surface area contributed by atoms with Gasteiger partial charge in [0.25, 0.3) is 11.1 Å². The average Bonchev–Trinajstić information content (AvgIpc) is 2.85. The molecular formula is C20H20N2O2S. The molecule has 0 aliphatic carbocycles. The lowest BCUT2D eigenvalue weighted by Crippen LogP contribution is -2.27. The molecule has 2 aromatic carbocycles. The van der Waals surface area contributed by atoms with Crippen LogP contribution in [0.25, 0.3) is 6.08 Å². The van der Waals surface area contributed by atoms with Crippen LogP contribution in [0.1, 0.15) is 16.7 Å². The molecule has 0 bridgehead atoms. The van der Waals surface area contributed by atoms with Gasteiger partial charge in [-0.1, -0.05) is 36.4 Å². The number of carbonyl (C=O) groups is 2. The zero-order valence-electron chi connectivity index (χ0n) is 14.5. The van der Waals surface area contributed by atoms with Crippen molar-refractivity contribution in [1.29, 1.82) is 0 Å². The molecule has 1 saturated heterocycles. The van der Waals surface area contributed by atoms with Crippen LogP contribution < -0.4 is 4.90 Å². The summed E-state index contributed by atoms with van der Waals surface area (Å²) in [4.78, 5) is 28.7. The highest BCUT2D eigenvalue weighted by Gasteiger charge is 2.35. The van der Waals surface area contributed by atoms with Crippen molar-refractivity contribution in [1.82, 2.24) is 4.90 Å². The fourth-order valence-corrected chi connectivity index (χ4v) is 3.45. The van der Waals surface area contributed by atoms with E-state index in [9.17, 15) is 9.59 Å². The van der Waals surface area contributed by atoms with Crippen LogP contribution >= 0.6 is 11.8 Å². The smallest absolute Gasteiger partial charge is 0.293 e. The summed E-state index contributed by atoms with van der Waals surface area (Å²) in [5, 5.41) is -0.218. The van der Waals surface area contributed by atoms with Crippen molar-refractivity contribution >= 4 is 34.7 Å². The van der Waals surface area contributed by atoms with E-state index in [0.717, 1.165) is 34.1 Å². The Morgan fingerprint density at radius 2 is 1.72 bits per heavy atom. The van der Waals surface area contributed by atoms with Gasteiger partial charge in [-0.05, 0) is 53.6 Å². The summed E-state index contributed by atoms with van der Waals surface area (Å²) in [6, 6.07) is 15.7. The molecule has 1 fully saturated rings. The summed E-state index contributed by atoms with van der Waals surface area (Å²) >= 11 is 1.00. The molecule has 4 nitrogen and oxygen atoms in total. The summed E-state index contributed by atoms with van der Waals surface area (Å²) in [6.07, 6.45) is 1.78. The van der Waals surface area contributed by atoms with Crippen molar-refractivity contribution in [3.8, 4) is 0 Å². The SMILES string of the molecule is Cc1ccccc1CN1C(=O)S/C(=C/c2ccc(N(C)C)cc2)C1=O. The van der Waals surface area contributed by atoms with Gasteiger partial charge in [0.1, 0.15) is 0 Å². The second-order valence-electron chi connectivity index (χ2n) is 6.18. The van der Waals surface area contributed by atoms with Crippen molar-refractivity contribution < 1.29 is 9.59 Å². The number of amides is 2. The van der Waals surface area contributed by atoms with Crippen LogP contribution in [0, 0.1) is 6.92 Å². The molecule has 0 radical (unpaired) electrons. The third-order valence-electron chi connectivity index (χ3n) is 4.17. The molecule has 0 N–H and O–H groups in total. The number of benzene rings is 2. The van der Waals surface area contributed by atoms with Gasteiger partial charge < -0.3 is 4.90 Å². The molecule has 5 heteroatoms. The predicted molar refractivity (Wildman–Crippen MR) is 103 cm³/mol. The van der Waals surface area contributed by atoms with Crippen molar-refractivity contribution in [2.75, 3.05) is 19.0 Å². The van der Waals surface area contributed by atoms with Crippen LogP contribution in [0.15, 0.2) is 53.4 Å². The van der Waals surface area contributed by atoms with Crippen LogP contribution in [-0.2, 0) is 11.3 Å². The number of aryl methyl sites for hydroxylation is 1. The average molecular weight is 352 g/mol. The lowest BCUT2D eigenvalue weighted by atomic mass is 10.1. The first-order valence-corrected chi connectivity index (χ1v) is 8.84. The van der Waals surface area contributed by atoms with Gasteiger partial charge in [0.05, 0.1) is 11.4 Å². The van der Waals surface area contributed by atoms with E-state index in [4.69, 9.17) is 0 Å². The van der Waals surface area contributed by atoms with Gasteiger partial charge in [0.15, 0.2) is 0 Å². The molecule has 128 valence electrons. The van der Waals surface area contributed by atoms with Crippen LogP contribution in [0.3, 0.4) is 0 Å². The normalized spacial score (nSPS) is 16.0. The second-order valence-corrected chi connectivity index (χ2v) is 7.17. The van der Waals surface area contributed by atoms with E-state index in [1.807, 2.05) is 74.4 Å². The fraction of sp³-hybridized carbons (Fsp3) is 0.200. The summed E-state index contributed by atoms with van der Waals surface area (Å²) in [5.41, 5.74) is 4.06. The number of imide groups is 1. The molecule has 0 aromatic heterocycles. The Labute approximate surface area is 152 Å². The summed E-state index contributed by atoms with van der Waals surface area (Å²) < 4.78 is 0. The lowest BCUT2D eigenvalue weighted by molar-refractivity contribution is -0.123. The van der Waals surface area contributed by atoms with Crippen molar-refractivity contribution in [3.63, 3.8) is 0 Å². The van der Waals surface area contributed by atoms with Crippen LogP contribution in [-0.4, -0.2) is 30.1 Å². The second kappa shape index (κ2) is 7.15. The molecule has 3 rings (SSSR count). The van der Waals surface area contributed by atoms with Crippen molar-refractivity contribution in [2.45, 2.75) is 13.5 Å². The van der Waals surface area contributed by atoms with E-state index in [2.05, 4.69) is 0 Å². The first-order chi connectivity index (χ1) is 12.0.